The van der Waals surface area contributed by atoms with Gasteiger partial charge < -0.3 is 19.1 Å². The third-order valence-corrected chi connectivity index (χ3v) is 4.58. The number of ether oxygens (including phenoxy) is 3. The summed E-state index contributed by atoms with van der Waals surface area (Å²) in [5.41, 5.74) is 0.747. The van der Waals surface area contributed by atoms with E-state index in [1.807, 2.05) is 6.92 Å². The highest BCUT2D eigenvalue weighted by Gasteiger charge is 2.27. The van der Waals surface area contributed by atoms with Crippen LogP contribution in [-0.2, 0) is 14.3 Å². The lowest BCUT2D eigenvalue weighted by molar-refractivity contribution is -0.148. The van der Waals surface area contributed by atoms with Crippen molar-refractivity contribution < 1.29 is 23.8 Å². The Morgan fingerprint density at radius 3 is 2.54 bits per heavy atom. The zero-order valence-electron chi connectivity index (χ0n) is 15.3. The Kier molecular flexibility index (Phi) is 7.33. The fourth-order valence-corrected chi connectivity index (χ4v) is 3.22. The second kappa shape index (κ2) is 9.48. The molecule has 0 saturated carbocycles. The van der Waals surface area contributed by atoms with Crippen LogP contribution in [-0.4, -0.2) is 50.7 Å². The van der Waals surface area contributed by atoms with Crippen LogP contribution in [0.3, 0.4) is 0 Å². The molecule has 0 spiro atoms. The molecule has 1 saturated heterocycles. The van der Waals surface area contributed by atoms with Gasteiger partial charge in [0.15, 0.2) is 11.5 Å². The van der Waals surface area contributed by atoms with E-state index in [-0.39, 0.29) is 17.8 Å². The van der Waals surface area contributed by atoms with Crippen molar-refractivity contribution >= 4 is 29.6 Å². The zero-order chi connectivity index (χ0) is 19.1. The number of amides is 1. The van der Waals surface area contributed by atoms with Crippen molar-refractivity contribution in [2.24, 2.45) is 5.92 Å². The Balaban J connectivity index is 2.03. The number of hydrogen-bond donors (Lipinski definition) is 0. The van der Waals surface area contributed by atoms with Crippen LogP contribution >= 0.6 is 11.6 Å². The normalized spacial score (nSPS) is 15.2. The van der Waals surface area contributed by atoms with E-state index in [1.54, 1.807) is 23.1 Å². The van der Waals surface area contributed by atoms with E-state index < -0.39 is 0 Å². The van der Waals surface area contributed by atoms with Gasteiger partial charge in [-0.3, -0.25) is 9.59 Å². The summed E-state index contributed by atoms with van der Waals surface area (Å²) in [5, 5.41) is 0.421. The molecule has 26 heavy (non-hydrogen) atoms. The van der Waals surface area contributed by atoms with Crippen molar-refractivity contribution in [2.75, 3.05) is 33.9 Å². The average molecular weight is 382 g/mol. The molecule has 7 heteroatoms. The Labute approximate surface area is 158 Å². The number of hydrogen-bond acceptors (Lipinski definition) is 5. The molecule has 1 amide bonds. The summed E-state index contributed by atoms with van der Waals surface area (Å²) in [7, 11) is 2.92. The van der Waals surface area contributed by atoms with E-state index in [4.69, 9.17) is 25.8 Å². The number of benzene rings is 1. The van der Waals surface area contributed by atoms with Gasteiger partial charge >= 0.3 is 5.97 Å². The quantitative estimate of drug-likeness (QED) is 0.559. The maximum absolute atomic E-state index is 12.4. The molecular formula is C19H24ClNO5. The predicted octanol–water partition coefficient (Wildman–Crippen LogP) is 3.17. The lowest BCUT2D eigenvalue weighted by atomic mass is 9.97. The Hall–Kier alpha value is -2.21. The van der Waals surface area contributed by atoms with Gasteiger partial charge in [0.25, 0.3) is 0 Å². The number of likely N-dealkylation sites (tertiary alicyclic amines) is 1. The van der Waals surface area contributed by atoms with Gasteiger partial charge in [-0.15, -0.1) is 0 Å². The van der Waals surface area contributed by atoms with Crippen molar-refractivity contribution in [3.05, 3.63) is 28.8 Å². The number of piperidine rings is 1. The van der Waals surface area contributed by atoms with Crippen LogP contribution in [0.1, 0.15) is 25.3 Å². The lowest BCUT2D eigenvalue weighted by Crippen LogP contribution is -2.39. The first kappa shape index (κ1) is 20.1. The number of nitrogens with zero attached hydrogens (tertiary/aromatic N) is 1. The third kappa shape index (κ3) is 4.91. The minimum absolute atomic E-state index is 0.0989. The second-order valence-corrected chi connectivity index (χ2v) is 6.33. The molecule has 142 valence electrons. The SMILES string of the molecule is CCOc1cc(/C=C/C(=O)N2CCC(C(=O)OC)CC2)cc(Cl)c1OC. The van der Waals surface area contributed by atoms with Crippen molar-refractivity contribution in [1.82, 2.24) is 4.90 Å². The molecule has 0 radical (unpaired) electrons. The summed E-state index contributed by atoms with van der Waals surface area (Å²) in [6, 6.07) is 3.50. The van der Waals surface area contributed by atoms with Crippen molar-refractivity contribution in [3.8, 4) is 11.5 Å². The van der Waals surface area contributed by atoms with Crippen LogP contribution < -0.4 is 9.47 Å². The summed E-state index contributed by atoms with van der Waals surface area (Å²) >= 11 is 6.22. The summed E-state index contributed by atoms with van der Waals surface area (Å²) in [4.78, 5) is 25.6. The molecule has 1 fully saturated rings. The summed E-state index contributed by atoms with van der Waals surface area (Å²) in [6.45, 7) is 3.43. The molecule has 6 nitrogen and oxygen atoms in total. The first-order chi connectivity index (χ1) is 12.5. The van der Waals surface area contributed by atoms with E-state index in [9.17, 15) is 9.59 Å². The van der Waals surface area contributed by atoms with Gasteiger partial charge in [-0.05, 0) is 43.5 Å². The van der Waals surface area contributed by atoms with E-state index in [0.717, 1.165) is 5.56 Å². The lowest BCUT2D eigenvalue weighted by Gasteiger charge is -2.29. The Morgan fingerprint density at radius 1 is 1.27 bits per heavy atom. The highest BCUT2D eigenvalue weighted by molar-refractivity contribution is 6.32. The smallest absolute Gasteiger partial charge is 0.308 e. The zero-order valence-corrected chi connectivity index (χ0v) is 16.0. The van der Waals surface area contributed by atoms with Crippen LogP contribution in [0.15, 0.2) is 18.2 Å². The van der Waals surface area contributed by atoms with Gasteiger partial charge in [-0.1, -0.05) is 11.6 Å². The molecule has 1 heterocycles. The highest BCUT2D eigenvalue weighted by Crippen LogP contribution is 2.36. The minimum atomic E-state index is -0.205. The fourth-order valence-electron chi connectivity index (χ4n) is 2.92. The summed E-state index contributed by atoms with van der Waals surface area (Å²) < 4.78 is 15.5. The molecule has 2 rings (SSSR count). The molecule has 0 atom stereocenters. The molecule has 0 aliphatic carbocycles. The fraction of sp³-hybridized carbons (Fsp3) is 0.474. The Morgan fingerprint density at radius 2 is 1.96 bits per heavy atom. The largest absolute Gasteiger partial charge is 0.491 e. The second-order valence-electron chi connectivity index (χ2n) is 5.92. The van der Waals surface area contributed by atoms with Crippen LogP contribution in [0.25, 0.3) is 6.08 Å². The molecule has 1 aliphatic rings. The topological polar surface area (TPSA) is 65.1 Å². The number of carbonyl (C=O) groups is 2. The van der Waals surface area contributed by atoms with E-state index in [1.165, 1.54) is 20.3 Å². The van der Waals surface area contributed by atoms with Crippen molar-refractivity contribution in [3.63, 3.8) is 0 Å². The van der Waals surface area contributed by atoms with Crippen LogP contribution in [0.4, 0.5) is 0 Å². The molecule has 1 aromatic carbocycles. The predicted molar refractivity (Wildman–Crippen MR) is 99.5 cm³/mol. The van der Waals surface area contributed by atoms with Crippen molar-refractivity contribution in [2.45, 2.75) is 19.8 Å². The first-order valence-corrected chi connectivity index (χ1v) is 8.93. The number of rotatable bonds is 6. The Bertz CT molecular complexity index is 681. The number of carbonyl (C=O) groups excluding carboxylic acids is 2. The summed E-state index contributed by atoms with van der Waals surface area (Å²) in [6.07, 6.45) is 4.44. The van der Waals surface area contributed by atoms with Gasteiger partial charge in [0.05, 0.1) is 31.8 Å². The van der Waals surface area contributed by atoms with Crippen molar-refractivity contribution in [1.29, 1.82) is 0 Å². The van der Waals surface area contributed by atoms with Crippen LogP contribution in [0, 0.1) is 5.92 Å². The van der Waals surface area contributed by atoms with Gasteiger partial charge in [-0.25, -0.2) is 0 Å². The molecule has 1 aliphatic heterocycles. The monoisotopic (exact) mass is 381 g/mol. The number of halogens is 1. The summed E-state index contributed by atoms with van der Waals surface area (Å²) in [5.74, 6) is 0.583. The van der Waals surface area contributed by atoms with E-state index in [0.29, 0.717) is 49.1 Å². The number of methoxy groups -OCH3 is 2. The minimum Gasteiger partial charge on any atom is -0.491 e. The molecule has 1 aromatic rings. The van der Waals surface area contributed by atoms with Gasteiger partial charge in [-0.2, -0.15) is 0 Å². The third-order valence-electron chi connectivity index (χ3n) is 4.30. The average Bonchev–Trinajstić information content (AvgIpc) is 2.65. The molecule has 0 unspecified atom stereocenters. The van der Waals surface area contributed by atoms with Gasteiger partial charge in [0, 0.05) is 19.2 Å². The maximum Gasteiger partial charge on any atom is 0.308 e. The van der Waals surface area contributed by atoms with Gasteiger partial charge in [0.2, 0.25) is 5.91 Å². The van der Waals surface area contributed by atoms with E-state index >= 15 is 0 Å². The standard InChI is InChI=1S/C19H24ClNO5/c1-4-26-16-12-13(11-15(20)18(16)24-2)5-6-17(22)21-9-7-14(8-10-21)19(23)25-3/h5-6,11-12,14H,4,7-10H2,1-3H3/b6-5+. The molecule has 0 aromatic heterocycles. The van der Waals surface area contributed by atoms with Crippen LogP contribution in [0.2, 0.25) is 5.02 Å². The van der Waals surface area contributed by atoms with E-state index in [2.05, 4.69) is 0 Å². The van der Waals surface area contributed by atoms with Gasteiger partial charge in [0.1, 0.15) is 0 Å². The molecule has 0 bridgehead atoms. The first-order valence-electron chi connectivity index (χ1n) is 8.55. The van der Waals surface area contributed by atoms with Crippen LogP contribution in [0.5, 0.6) is 11.5 Å². The number of esters is 1. The highest BCUT2D eigenvalue weighted by atomic mass is 35.5. The molecular weight excluding hydrogens is 358 g/mol. The maximum atomic E-state index is 12.4. The molecule has 0 N–H and O–H groups in total.